The fraction of sp³-hybridized carbons (Fsp3) is 0.750. The molecule has 0 bridgehead atoms. The highest BCUT2D eigenvalue weighted by Crippen LogP contribution is 1.70. The van der Waals surface area contributed by atoms with E-state index in [0.717, 1.165) is 0 Å². The predicted octanol–water partition coefficient (Wildman–Crippen LogP) is -0.992. The highest BCUT2D eigenvalue weighted by Gasteiger charge is 1.92. The summed E-state index contributed by atoms with van der Waals surface area (Å²) in [5.74, 6) is 4.65. The normalized spacial score (nSPS) is 7.78. The van der Waals surface area contributed by atoms with Gasteiger partial charge in [0.1, 0.15) is 0 Å². The van der Waals surface area contributed by atoms with Crippen molar-refractivity contribution in [2.45, 2.75) is 6.42 Å². The molecule has 0 aromatic heterocycles. The van der Waals surface area contributed by atoms with Gasteiger partial charge >= 0.3 is 0 Å². The molecule has 0 aromatic rings. The minimum atomic E-state index is -0.139. The zero-order valence-corrected chi connectivity index (χ0v) is 6.12. The highest BCUT2D eigenvalue weighted by atomic mass is 35.5. The maximum absolute atomic E-state index is 10.3. The van der Waals surface area contributed by atoms with Gasteiger partial charge in [-0.2, -0.15) is 0 Å². The van der Waals surface area contributed by atoms with Crippen LogP contribution in [0.5, 0.6) is 0 Å². The van der Waals surface area contributed by atoms with Crippen molar-refractivity contribution in [1.29, 1.82) is 0 Å². The van der Waals surface area contributed by atoms with E-state index >= 15 is 0 Å². The molecule has 4 N–H and O–H groups in total. The maximum atomic E-state index is 10.3. The molecule has 5 heteroatoms. The fourth-order valence-corrected chi connectivity index (χ4v) is 0.311. The second-order valence-electron chi connectivity index (χ2n) is 1.42. The number of carbonyl (C=O) groups is 1. The Morgan fingerprint density at radius 2 is 2.22 bits per heavy atom. The van der Waals surface area contributed by atoms with Gasteiger partial charge in [-0.05, 0) is 7.05 Å². The SMILES string of the molecule is CNCCC(=O)NN.Cl. The van der Waals surface area contributed by atoms with E-state index in [4.69, 9.17) is 5.84 Å². The molecule has 0 aliphatic heterocycles. The lowest BCUT2D eigenvalue weighted by Gasteiger charge is -1.95. The van der Waals surface area contributed by atoms with E-state index in [1.54, 1.807) is 7.05 Å². The summed E-state index contributed by atoms with van der Waals surface area (Å²) in [6.07, 6.45) is 0.438. The van der Waals surface area contributed by atoms with Gasteiger partial charge in [0, 0.05) is 13.0 Å². The third-order valence-electron chi connectivity index (χ3n) is 0.763. The van der Waals surface area contributed by atoms with Gasteiger partial charge in [0.2, 0.25) is 5.91 Å². The maximum Gasteiger partial charge on any atom is 0.235 e. The Labute approximate surface area is 60.6 Å². The van der Waals surface area contributed by atoms with Crippen LogP contribution in [0.4, 0.5) is 0 Å². The Hall–Kier alpha value is -0.320. The Morgan fingerprint density at radius 3 is 2.56 bits per heavy atom. The molecule has 0 spiro atoms. The summed E-state index contributed by atoms with van der Waals surface area (Å²) in [6, 6.07) is 0. The summed E-state index contributed by atoms with van der Waals surface area (Å²) < 4.78 is 0. The van der Waals surface area contributed by atoms with E-state index in [-0.39, 0.29) is 18.3 Å². The predicted molar refractivity (Wildman–Crippen MR) is 38.1 cm³/mol. The summed E-state index contributed by atoms with van der Waals surface area (Å²) in [4.78, 5) is 10.3. The van der Waals surface area contributed by atoms with Crippen molar-refractivity contribution in [3.05, 3.63) is 0 Å². The molecule has 0 saturated carbocycles. The first-order chi connectivity index (χ1) is 3.81. The van der Waals surface area contributed by atoms with Crippen molar-refractivity contribution in [2.24, 2.45) is 5.84 Å². The lowest BCUT2D eigenvalue weighted by molar-refractivity contribution is -0.121. The monoisotopic (exact) mass is 153 g/mol. The molecule has 56 valence electrons. The average molecular weight is 154 g/mol. The summed E-state index contributed by atoms with van der Waals surface area (Å²) in [5, 5.41) is 2.82. The number of hydrogen-bond donors (Lipinski definition) is 3. The van der Waals surface area contributed by atoms with Crippen LogP contribution >= 0.6 is 12.4 Å². The van der Waals surface area contributed by atoms with E-state index < -0.39 is 0 Å². The lowest BCUT2D eigenvalue weighted by Crippen LogP contribution is -2.31. The van der Waals surface area contributed by atoms with Crippen LogP contribution in [0.15, 0.2) is 0 Å². The largest absolute Gasteiger partial charge is 0.319 e. The Kier molecular flexibility index (Phi) is 9.79. The molecular formula is C4H12ClN3O. The van der Waals surface area contributed by atoms with Crippen LogP contribution in [0.25, 0.3) is 0 Å². The molecular weight excluding hydrogens is 142 g/mol. The zero-order valence-electron chi connectivity index (χ0n) is 5.31. The summed E-state index contributed by atoms with van der Waals surface area (Å²) in [5.41, 5.74) is 2.02. The second kappa shape index (κ2) is 7.68. The van der Waals surface area contributed by atoms with Crippen molar-refractivity contribution >= 4 is 18.3 Å². The summed E-state index contributed by atoms with van der Waals surface area (Å²) in [7, 11) is 1.78. The van der Waals surface area contributed by atoms with Gasteiger partial charge in [-0.3, -0.25) is 10.2 Å². The van der Waals surface area contributed by atoms with Crippen molar-refractivity contribution in [3.63, 3.8) is 0 Å². The first-order valence-electron chi connectivity index (χ1n) is 2.45. The molecule has 0 aromatic carbocycles. The molecule has 9 heavy (non-hydrogen) atoms. The number of halogens is 1. The number of nitrogens with two attached hydrogens (primary N) is 1. The molecule has 0 aliphatic carbocycles. The minimum absolute atomic E-state index is 0. The van der Waals surface area contributed by atoms with Gasteiger partial charge in [0.15, 0.2) is 0 Å². The van der Waals surface area contributed by atoms with Crippen LogP contribution in [0.3, 0.4) is 0 Å². The first-order valence-corrected chi connectivity index (χ1v) is 2.45. The van der Waals surface area contributed by atoms with Crippen LogP contribution in [-0.4, -0.2) is 19.5 Å². The van der Waals surface area contributed by atoms with Crippen molar-refractivity contribution in [3.8, 4) is 0 Å². The third-order valence-corrected chi connectivity index (χ3v) is 0.763. The van der Waals surface area contributed by atoms with Crippen molar-refractivity contribution < 1.29 is 4.79 Å². The van der Waals surface area contributed by atoms with Gasteiger partial charge in [-0.25, -0.2) is 5.84 Å². The van der Waals surface area contributed by atoms with Gasteiger partial charge in [0.05, 0.1) is 0 Å². The second-order valence-corrected chi connectivity index (χ2v) is 1.42. The topological polar surface area (TPSA) is 67.2 Å². The first kappa shape index (κ1) is 11.5. The molecule has 0 radical (unpaired) electrons. The lowest BCUT2D eigenvalue weighted by atomic mass is 10.4. The van der Waals surface area contributed by atoms with E-state index in [1.807, 2.05) is 5.43 Å². The van der Waals surface area contributed by atoms with Crippen molar-refractivity contribution in [2.75, 3.05) is 13.6 Å². The Bertz CT molecular complexity index is 78.2. The zero-order chi connectivity index (χ0) is 6.41. The van der Waals surface area contributed by atoms with Gasteiger partial charge in [-0.1, -0.05) is 0 Å². The molecule has 4 nitrogen and oxygen atoms in total. The number of amides is 1. The Morgan fingerprint density at radius 1 is 1.67 bits per heavy atom. The van der Waals surface area contributed by atoms with E-state index in [9.17, 15) is 4.79 Å². The van der Waals surface area contributed by atoms with Crippen LogP contribution in [0.2, 0.25) is 0 Å². The van der Waals surface area contributed by atoms with Crippen LogP contribution < -0.4 is 16.6 Å². The molecule has 0 saturated heterocycles. The quantitative estimate of drug-likeness (QED) is 0.277. The van der Waals surface area contributed by atoms with E-state index in [2.05, 4.69) is 5.32 Å². The van der Waals surface area contributed by atoms with Crippen LogP contribution in [-0.2, 0) is 4.79 Å². The molecule has 0 fully saturated rings. The van der Waals surface area contributed by atoms with Crippen molar-refractivity contribution in [1.82, 2.24) is 10.7 Å². The number of carbonyl (C=O) groups excluding carboxylic acids is 1. The number of hydrazine groups is 1. The third kappa shape index (κ3) is 7.68. The van der Waals surface area contributed by atoms with Crippen LogP contribution in [0, 0.1) is 0 Å². The Balaban J connectivity index is 0. The summed E-state index contributed by atoms with van der Waals surface area (Å²) in [6.45, 7) is 0.670. The number of rotatable bonds is 3. The fourth-order valence-electron chi connectivity index (χ4n) is 0.311. The molecule has 1 amide bonds. The van der Waals surface area contributed by atoms with Gasteiger partial charge in [0.25, 0.3) is 0 Å². The average Bonchev–Trinajstić information content (AvgIpc) is 1.83. The number of hydrogen-bond acceptors (Lipinski definition) is 3. The summed E-state index contributed by atoms with van der Waals surface area (Å²) >= 11 is 0. The minimum Gasteiger partial charge on any atom is -0.319 e. The molecule has 0 rings (SSSR count). The van der Waals surface area contributed by atoms with Gasteiger partial charge < -0.3 is 5.32 Å². The smallest absolute Gasteiger partial charge is 0.235 e. The molecule has 0 aliphatic rings. The standard InChI is InChI=1S/C4H11N3O.ClH/c1-6-3-2-4(8)7-5;/h6H,2-3,5H2,1H3,(H,7,8);1H. The van der Waals surface area contributed by atoms with E-state index in [1.165, 1.54) is 0 Å². The van der Waals surface area contributed by atoms with E-state index in [0.29, 0.717) is 13.0 Å². The van der Waals surface area contributed by atoms with Gasteiger partial charge in [-0.15, -0.1) is 12.4 Å². The van der Waals surface area contributed by atoms with Crippen LogP contribution in [0.1, 0.15) is 6.42 Å². The molecule has 0 unspecified atom stereocenters. The molecule has 0 heterocycles. The highest BCUT2D eigenvalue weighted by molar-refractivity contribution is 5.85. The number of nitrogens with one attached hydrogen (secondary N) is 2. The molecule has 0 atom stereocenters.